The van der Waals surface area contributed by atoms with E-state index in [0.717, 1.165) is 31.8 Å². The molecule has 1 heterocycles. The van der Waals surface area contributed by atoms with Crippen LogP contribution in [0.1, 0.15) is 23.7 Å². The minimum absolute atomic E-state index is 0.148. The van der Waals surface area contributed by atoms with Gasteiger partial charge in [-0.25, -0.2) is 9.78 Å². The molecule has 0 bridgehead atoms. The van der Waals surface area contributed by atoms with Gasteiger partial charge < -0.3 is 15.7 Å². The summed E-state index contributed by atoms with van der Waals surface area (Å²) in [5, 5.41) is 25.6. The third kappa shape index (κ3) is 4.51. The van der Waals surface area contributed by atoms with E-state index in [1.807, 2.05) is 6.92 Å². The second kappa shape index (κ2) is 7.27. The summed E-state index contributed by atoms with van der Waals surface area (Å²) in [5.41, 5.74) is -0.534. The van der Waals surface area contributed by atoms with E-state index in [-0.39, 0.29) is 17.1 Å². The summed E-state index contributed by atoms with van der Waals surface area (Å²) in [6.07, 6.45) is 1.84. The molecule has 19 heavy (non-hydrogen) atoms. The monoisotopic (exact) mass is 268 g/mol. The lowest BCUT2D eigenvalue weighted by molar-refractivity contribution is -0.385. The number of pyridine rings is 1. The SMILES string of the molecule is CCNCCCNc1ncc([N+](=O)[O-])cc1C(=O)O. The van der Waals surface area contributed by atoms with Crippen molar-refractivity contribution in [1.29, 1.82) is 0 Å². The van der Waals surface area contributed by atoms with Crippen LogP contribution in [0.3, 0.4) is 0 Å². The van der Waals surface area contributed by atoms with Gasteiger partial charge in [0, 0.05) is 12.6 Å². The maximum absolute atomic E-state index is 11.0. The van der Waals surface area contributed by atoms with Crippen LogP contribution in [-0.2, 0) is 0 Å². The molecule has 0 spiro atoms. The number of hydrogen-bond donors (Lipinski definition) is 3. The molecular weight excluding hydrogens is 252 g/mol. The molecule has 104 valence electrons. The second-order valence-electron chi connectivity index (χ2n) is 3.79. The van der Waals surface area contributed by atoms with Crippen molar-refractivity contribution in [2.24, 2.45) is 0 Å². The fraction of sp³-hybridized carbons (Fsp3) is 0.455. The maximum atomic E-state index is 11.0. The highest BCUT2D eigenvalue weighted by atomic mass is 16.6. The zero-order valence-electron chi connectivity index (χ0n) is 10.5. The van der Waals surface area contributed by atoms with Crippen molar-refractivity contribution in [1.82, 2.24) is 10.3 Å². The summed E-state index contributed by atoms with van der Waals surface area (Å²) in [6.45, 7) is 4.21. The van der Waals surface area contributed by atoms with Crippen LogP contribution in [0.15, 0.2) is 12.3 Å². The number of carboxylic acid groups (broad SMARTS) is 1. The standard InChI is InChI=1S/C11H16N4O4/c1-2-12-4-3-5-13-10-9(11(16)17)6-8(7-14-10)15(18)19/h6-7,12H,2-5H2,1H3,(H,13,14)(H,16,17). The van der Waals surface area contributed by atoms with Crippen LogP contribution in [-0.4, -0.2) is 40.6 Å². The Morgan fingerprint density at radius 3 is 2.84 bits per heavy atom. The number of nitro groups is 1. The van der Waals surface area contributed by atoms with Gasteiger partial charge in [-0.2, -0.15) is 0 Å². The number of aromatic carboxylic acids is 1. The van der Waals surface area contributed by atoms with E-state index < -0.39 is 10.9 Å². The lowest BCUT2D eigenvalue weighted by Crippen LogP contribution is -2.18. The zero-order chi connectivity index (χ0) is 14.3. The van der Waals surface area contributed by atoms with Gasteiger partial charge in [-0.05, 0) is 19.5 Å². The third-order valence-corrected chi connectivity index (χ3v) is 2.39. The van der Waals surface area contributed by atoms with Crippen LogP contribution in [0.2, 0.25) is 0 Å². The first kappa shape index (κ1) is 14.8. The van der Waals surface area contributed by atoms with Crippen LogP contribution >= 0.6 is 0 Å². The van der Waals surface area contributed by atoms with Crippen molar-refractivity contribution in [3.63, 3.8) is 0 Å². The average molecular weight is 268 g/mol. The first-order valence-electron chi connectivity index (χ1n) is 5.88. The number of rotatable bonds is 8. The van der Waals surface area contributed by atoms with Gasteiger partial charge in [0.25, 0.3) is 5.69 Å². The van der Waals surface area contributed by atoms with Gasteiger partial charge in [-0.3, -0.25) is 10.1 Å². The van der Waals surface area contributed by atoms with Gasteiger partial charge in [0.1, 0.15) is 17.6 Å². The van der Waals surface area contributed by atoms with Gasteiger partial charge in [0.15, 0.2) is 0 Å². The molecule has 0 aliphatic rings. The maximum Gasteiger partial charge on any atom is 0.339 e. The third-order valence-electron chi connectivity index (χ3n) is 2.39. The minimum atomic E-state index is -1.25. The van der Waals surface area contributed by atoms with E-state index >= 15 is 0 Å². The molecule has 3 N–H and O–H groups in total. The largest absolute Gasteiger partial charge is 0.478 e. The van der Waals surface area contributed by atoms with E-state index in [1.54, 1.807) is 0 Å². The number of nitrogens with one attached hydrogen (secondary N) is 2. The number of hydrogen-bond acceptors (Lipinski definition) is 6. The van der Waals surface area contributed by atoms with Crippen molar-refractivity contribution >= 4 is 17.5 Å². The van der Waals surface area contributed by atoms with Crippen molar-refractivity contribution in [3.8, 4) is 0 Å². The number of carbonyl (C=O) groups is 1. The highest BCUT2D eigenvalue weighted by Gasteiger charge is 2.17. The smallest absolute Gasteiger partial charge is 0.339 e. The van der Waals surface area contributed by atoms with Crippen LogP contribution in [0.5, 0.6) is 0 Å². The second-order valence-corrected chi connectivity index (χ2v) is 3.79. The van der Waals surface area contributed by atoms with Crippen molar-refractivity contribution < 1.29 is 14.8 Å². The van der Waals surface area contributed by atoms with Crippen molar-refractivity contribution in [3.05, 3.63) is 27.9 Å². The number of carboxylic acids is 1. The average Bonchev–Trinajstić information content (AvgIpc) is 2.38. The Balaban J connectivity index is 2.71. The first-order chi connectivity index (χ1) is 9.06. The molecule has 0 unspecified atom stereocenters. The van der Waals surface area contributed by atoms with Gasteiger partial charge >= 0.3 is 5.97 Å². The predicted molar refractivity (Wildman–Crippen MR) is 69.5 cm³/mol. The van der Waals surface area contributed by atoms with E-state index in [9.17, 15) is 14.9 Å². The van der Waals surface area contributed by atoms with Gasteiger partial charge in [-0.15, -0.1) is 0 Å². The molecule has 8 nitrogen and oxygen atoms in total. The summed E-state index contributed by atoms with van der Waals surface area (Å²) in [6, 6.07) is 1.00. The molecule has 0 fully saturated rings. The summed E-state index contributed by atoms with van der Waals surface area (Å²) in [4.78, 5) is 24.7. The highest BCUT2D eigenvalue weighted by Crippen LogP contribution is 2.18. The summed E-state index contributed by atoms with van der Waals surface area (Å²) < 4.78 is 0. The Labute approximate surface area is 110 Å². The van der Waals surface area contributed by atoms with Crippen LogP contribution in [0.4, 0.5) is 11.5 Å². The number of aromatic nitrogens is 1. The molecule has 0 atom stereocenters. The topological polar surface area (TPSA) is 117 Å². The fourth-order valence-electron chi connectivity index (χ4n) is 1.45. The van der Waals surface area contributed by atoms with Crippen LogP contribution in [0.25, 0.3) is 0 Å². The fourth-order valence-corrected chi connectivity index (χ4v) is 1.45. The first-order valence-corrected chi connectivity index (χ1v) is 5.88. The molecule has 1 rings (SSSR count). The Bertz CT molecular complexity index is 464. The van der Waals surface area contributed by atoms with Crippen molar-refractivity contribution in [2.45, 2.75) is 13.3 Å². The normalized spacial score (nSPS) is 10.2. The lowest BCUT2D eigenvalue weighted by atomic mass is 10.2. The quantitative estimate of drug-likeness (QED) is 0.367. The van der Waals surface area contributed by atoms with Crippen LogP contribution in [0, 0.1) is 10.1 Å². The molecular formula is C11H16N4O4. The summed E-state index contributed by atoms with van der Waals surface area (Å²) in [5.74, 6) is -1.10. The Hall–Kier alpha value is -2.22. The van der Waals surface area contributed by atoms with E-state index in [1.165, 1.54) is 0 Å². The molecule has 0 saturated heterocycles. The van der Waals surface area contributed by atoms with Gasteiger partial charge in [-0.1, -0.05) is 6.92 Å². The Morgan fingerprint density at radius 2 is 2.26 bits per heavy atom. The lowest BCUT2D eigenvalue weighted by Gasteiger charge is -2.08. The summed E-state index contributed by atoms with van der Waals surface area (Å²) >= 11 is 0. The van der Waals surface area contributed by atoms with Crippen molar-refractivity contribution in [2.75, 3.05) is 25.0 Å². The minimum Gasteiger partial charge on any atom is -0.478 e. The molecule has 0 aliphatic heterocycles. The molecule has 0 amide bonds. The van der Waals surface area contributed by atoms with E-state index in [2.05, 4.69) is 15.6 Å². The number of nitrogens with zero attached hydrogens (tertiary/aromatic N) is 2. The highest BCUT2D eigenvalue weighted by molar-refractivity contribution is 5.93. The molecule has 0 aromatic carbocycles. The number of anilines is 1. The molecule has 0 radical (unpaired) electrons. The zero-order valence-corrected chi connectivity index (χ0v) is 10.5. The molecule has 1 aromatic rings. The Morgan fingerprint density at radius 1 is 1.53 bits per heavy atom. The molecule has 8 heteroatoms. The predicted octanol–water partition coefficient (Wildman–Crippen LogP) is 1.10. The van der Waals surface area contributed by atoms with E-state index in [0.29, 0.717) is 6.54 Å². The van der Waals surface area contributed by atoms with E-state index in [4.69, 9.17) is 5.11 Å². The summed E-state index contributed by atoms with van der Waals surface area (Å²) in [7, 11) is 0. The molecule has 0 aliphatic carbocycles. The van der Waals surface area contributed by atoms with Crippen LogP contribution < -0.4 is 10.6 Å². The van der Waals surface area contributed by atoms with Gasteiger partial charge in [0.2, 0.25) is 0 Å². The molecule has 0 saturated carbocycles. The van der Waals surface area contributed by atoms with Gasteiger partial charge in [0.05, 0.1) is 4.92 Å². The molecule has 1 aromatic heterocycles. The Kier molecular flexibility index (Phi) is 5.68.